The van der Waals surface area contributed by atoms with Crippen LogP contribution in [0.3, 0.4) is 0 Å². The van der Waals surface area contributed by atoms with Crippen LogP contribution in [0.1, 0.15) is 32.4 Å². The van der Waals surface area contributed by atoms with Crippen molar-refractivity contribution in [1.82, 2.24) is 0 Å². The minimum Gasteiger partial charge on any atom is -0.449 e. The Morgan fingerprint density at radius 1 is 1.25 bits per heavy atom. The molecule has 1 aromatic rings. The molecule has 0 aromatic heterocycles. The van der Waals surface area contributed by atoms with Crippen LogP contribution in [-0.4, -0.2) is 12.3 Å². The molecule has 0 amide bonds. The van der Waals surface area contributed by atoms with Crippen molar-refractivity contribution in [3.05, 3.63) is 35.9 Å². The highest BCUT2D eigenvalue weighted by molar-refractivity contribution is 5.78. The molecule has 0 spiro atoms. The topological polar surface area (TPSA) is 43.4 Å². The van der Waals surface area contributed by atoms with Crippen LogP contribution < -0.4 is 0 Å². The van der Waals surface area contributed by atoms with Crippen molar-refractivity contribution in [2.75, 3.05) is 0 Å². The van der Waals surface area contributed by atoms with Crippen molar-refractivity contribution in [3.8, 4) is 0 Å². The summed E-state index contributed by atoms with van der Waals surface area (Å²) in [5, 5.41) is 0. The van der Waals surface area contributed by atoms with Crippen LogP contribution >= 0.6 is 0 Å². The van der Waals surface area contributed by atoms with Gasteiger partial charge < -0.3 is 4.74 Å². The number of carbonyl (C=O) groups excluding carboxylic acids is 2. The maximum atomic E-state index is 11.6. The molecular weight excluding hydrogens is 204 g/mol. The van der Waals surface area contributed by atoms with Crippen molar-refractivity contribution < 1.29 is 14.3 Å². The van der Waals surface area contributed by atoms with E-state index < -0.39 is 11.5 Å². The quantitative estimate of drug-likeness (QED) is 0.580. The summed E-state index contributed by atoms with van der Waals surface area (Å²) in [7, 11) is 0. The summed E-state index contributed by atoms with van der Waals surface area (Å²) < 4.78 is 5.14. The Bertz CT molecular complexity index is 363. The lowest BCUT2D eigenvalue weighted by Gasteiger charge is -2.20. The van der Waals surface area contributed by atoms with E-state index in [0.717, 1.165) is 0 Å². The summed E-state index contributed by atoms with van der Waals surface area (Å²) in [5.41, 5.74) is 0.0888. The zero-order chi connectivity index (χ0) is 12.2. The highest BCUT2D eigenvalue weighted by atomic mass is 16.5. The number of rotatable bonds is 3. The molecule has 0 unspecified atom stereocenters. The maximum absolute atomic E-state index is 11.6. The highest BCUT2D eigenvalue weighted by Gasteiger charge is 2.26. The average Bonchev–Trinajstić information content (AvgIpc) is 2.25. The third kappa shape index (κ3) is 3.19. The molecule has 0 aliphatic carbocycles. The van der Waals surface area contributed by atoms with Gasteiger partial charge in [-0.25, -0.2) is 0 Å². The molecule has 0 N–H and O–H groups in total. The lowest BCUT2D eigenvalue weighted by molar-refractivity contribution is -0.160. The Labute approximate surface area is 95.4 Å². The first-order chi connectivity index (χ1) is 7.45. The maximum Gasteiger partial charge on any atom is 0.312 e. The third-order valence-electron chi connectivity index (χ3n) is 2.10. The Morgan fingerprint density at radius 3 is 2.25 bits per heavy atom. The number of carbonyl (C=O) groups is 2. The second kappa shape index (κ2) is 4.92. The number of esters is 1. The molecule has 0 fully saturated rings. The highest BCUT2D eigenvalue weighted by Crippen LogP contribution is 2.21. The third-order valence-corrected chi connectivity index (χ3v) is 2.10. The van der Waals surface area contributed by atoms with Gasteiger partial charge in [-0.3, -0.25) is 9.59 Å². The van der Waals surface area contributed by atoms with Gasteiger partial charge in [-0.15, -0.1) is 0 Å². The fourth-order valence-electron chi connectivity index (χ4n) is 1.11. The fourth-order valence-corrected chi connectivity index (χ4v) is 1.11. The summed E-state index contributed by atoms with van der Waals surface area (Å²) in [5.74, 6) is -0.381. The van der Waals surface area contributed by atoms with E-state index in [1.165, 1.54) is 0 Å². The predicted molar refractivity (Wildman–Crippen MR) is 60.8 cm³/mol. The van der Waals surface area contributed by atoms with Crippen molar-refractivity contribution in [3.63, 3.8) is 0 Å². The molecule has 3 heteroatoms. The van der Waals surface area contributed by atoms with Crippen LogP contribution in [0.4, 0.5) is 0 Å². The van der Waals surface area contributed by atoms with Crippen LogP contribution in [0.2, 0.25) is 0 Å². The molecule has 0 heterocycles. The molecule has 0 bridgehead atoms. The molecular formula is C13H16O3. The molecule has 1 rings (SSSR count). The molecule has 0 aliphatic rings. The number of benzene rings is 1. The molecule has 0 saturated heterocycles. The Kier molecular flexibility index (Phi) is 3.82. The summed E-state index contributed by atoms with van der Waals surface area (Å²) in [6.45, 7) is 5.26. The second-order valence-corrected chi connectivity index (χ2v) is 4.62. The average molecular weight is 220 g/mol. The van der Waals surface area contributed by atoms with Gasteiger partial charge in [0.25, 0.3) is 0 Å². The van der Waals surface area contributed by atoms with E-state index in [1.54, 1.807) is 45.0 Å². The minimum atomic E-state index is -0.812. The van der Waals surface area contributed by atoms with Crippen LogP contribution in [0.15, 0.2) is 30.3 Å². The predicted octanol–water partition coefficient (Wildman–Crippen LogP) is 2.52. The van der Waals surface area contributed by atoms with Crippen LogP contribution in [-0.2, 0) is 14.3 Å². The number of ether oxygens (including phenoxy) is 1. The number of hydrogen-bond donors (Lipinski definition) is 0. The molecule has 1 aromatic carbocycles. The summed E-state index contributed by atoms with van der Waals surface area (Å²) >= 11 is 0. The monoisotopic (exact) mass is 220 g/mol. The van der Waals surface area contributed by atoms with Crippen LogP contribution in [0, 0.1) is 5.41 Å². The molecule has 0 aliphatic heterocycles. The Balaban J connectivity index is 2.79. The lowest BCUT2D eigenvalue weighted by Crippen LogP contribution is -2.25. The van der Waals surface area contributed by atoms with E-state index >= 15 is 0 Å². The van der Waals surface area contributed by atoms with Gasteiger partial charge in [0.1, 0.15) is 0 Å². The largest absolute Gasteiger partial charge is 0.449 e. The zero-order valence-corrected chi connectivity index (χ0v) is 9.77. The van der Waals surface area contributed by atoms with Gasteiger partial charge >= 0.3 is 5.97 Å². The van der Waals surface area contributed by atoms with Crippen molar-refractivity contribution >= 4 is 12.3 Å². The van der Waals surface area contributed by atoms with Gasteiger partial charge in [0.2, 0.25) is 0 Å². The summed E-state index contributed by atoms with van der Waals surface area (Å²) in [6, 6.07) is 8.97. The van der Waals surface area contributed by atoms with Crippen molar-refractivity contribution in [2.45, 2.75) is 26.9 Å². The first-order valence-electron chi connectivity index (χ1n) is 5.16. The first kappa shape index (κ1) is 12.4. The van der Waals surface area contributed by atoms with Crippen molar-refractivity contribution in [1.29, 1.82) is 0 Å². The second-order valence-electron chi connectivity index (χ2n) is 4.62. The van der Waals surface area contributed by atoms with Gasteiger partial charge in [-0.1, -0.05) is 30.3 Å². The van der Waals surface area contributed by atoms with E-state index in [9.17, 15) is 9.59 Å². The van der Waals surface area contributed by atoms with Crippen LogP contribution in [0.5, 0.6) is 0 Å². The molecule has 0 saturated carbocycles. The van der Waals surface area contributed by atoms with Gasteiger partial charge in [-0.05, 0) is 26.3 Å². The molecule has 1 atom stereocenters. The van der Waals surface area contributed by atoms with E-state index in [-0.39, 0.29) is 5.97 Å². The molecule has 0 radical (unpaired) electrons. The zero-order valence-electron chi connectivity index (χ0n) is 9.77. The van der Waals surface area contributed by atoms with Gasteiger partial charge in [-0.2, -0.15) is 0 Å². The summed E-state index contributed by atoms with van der Waals surface area (Å²) in [6.07, 6.45) is -0.174. The number of hydrogen-bond acceptors (Lipinski definition) is 3. The first-order valence-corrected chi connectivity index (χ1v) is 5.16. The Morgan fingerprint density at radius 2 is 1.81 bits per heavy atom. The van der Waals surface area contributed by atoms with Gasteiger partial charge in [0.05, 0.1) is 5.41 Å². The lowest BCUT2D eigenvalue weighted by atomic mass is 9.97. The van der Waals surface area contributed by atoms with E-state index in [1.807, 2.05) is 6.07 Å². The van der Waals surface area contributed by atoms with E-state index in [4.69, 9.17) is 4.74 Å². The van der Waals surface area contributed by atoms with Gasteiger partial charge in [0.15, 0.2) is 12.4 Å². The van der Waals surface area contributed by atoms with Crippen molar-refractivity contribution in [2.24, 2.45) is 5.41 Å². The molecule has 86 valence electrons. The smallest absolute Gasteiger partial charge is 0.312 e. The Hall–Kier alpha value is -1.64. The SMILES string of the molecule is CC(C)(C)C(=O)O[C@H](C=O)c1ccccc1. The van der Waals surface area contributed by atoms with Crippen LogP contribution in [0.25, 0.3) is 0 Å². The van der Waals surface area contributed by atoms with E-state index in [0.29, 0.717) is 11.8 Å². The standard InChI is InChI=1S/C13H16O3/c1-13(2,3)12(15)16-11(9-14)10-7-5-4-6-8-10/h4-9,11H,1-3H3/t11-/m1/s1. The number of aldehydes is 1. The van der Waals surface area contributed by atoms with Gasteiger partial charge in [0, 0.05) is 0 Å². The normalized spacial score (nSPS) is 12.9. The minimum absolute atomic E-state index is 0.381. The fraction of sp³-hybridized carbons (Fsp3) is 0.385. The van der Waals surface area contributed by atoms with E-state index in [2.05, 4.69) is 0 Å². The summed E-state index contributed by atoms with van der Waals surface area (Å²) in [4.78, 5) is 22.5. The molecule has 16 heavy (non-hydrogen) atoms. The molecule has 3 nitrogen and oxygen atoms in total.